The minimum absolute atomic E-state index is 0.0506. The van der Waals surface area contributed by atoms with Crippen LogP contribution < -0.4 is 10.5 Å². The summed E-state index contributed by atoms with van der Waals surface area (Å²) in [6.07, 6.45) is 3.24. The number of piperidine rings is 1. The minimum atomic E-state index is -3.69. The van der Waals surface area contributed by atoms with E-state index in [0.29, 0.717) is 30.2 Å². The van der Waals surface area contributed by atoms with Crippen LogP contribution in [0.5, 0.6) is 5.75 Å². The Balaban J connectivity index is 1.81. The van der Waals surface area contributed by atoms with E-state index in [1.54, 1.807) is 36.4 Å². The molecule has 0 bridgehead atoms. The average Bonchev–Trinajstić information content (AvgIpc) is 2.73. The molecule has 1 heterocycles. The standard InChI is InChI=1S/C23H29ClN2O4S/c1-2-5-18-8-10-21(11-9-18)31(28,29)26-13-4-12-23(16-26,15-22(25)27)17-30-20-7-3-6-19(24)14-20/h3,6-11,14H,2,4-5,12-13,15-17H2,1H3,(H2,25,27)/t23-/m1/s1. The maximum Gasteiger partial charge on any atom is 0.243 e. The number of nitrogens with zero attached hydrogens (tertiary/aromatic N) is 1. The summed E-state index contributed by atoms with van der Waals surface area (Å²) in [4.78, 5) is 12.1. The topological polar surface area (TPSA) is 89.7 Å². The van der Waals surface area contributed by atoms with E-state index in [2.05, 4.69) is 6.92 Å². The first kappa shape index (κ1) is 23.6. The fourth-order valence-corrected chi connectivity index (χ4v) is 5.88. The zero-order valence-corrected chi connectivity index (χ0v) is 19.3. The molecule has 31 heavy (non-hydrogen) atoms. The third-order valence-electron chi connectivity index (χ3n) is 5.62. The lowest BCUT2D eigenvalue weighted by molar-refractivity contribution is -0.121. The van der Waals surface area contributed by atoms with Gasteiger partial charge in [0.15, 0.2) is 0 Å². The first-order valence-corrected chi connectivity index (χ1v) is 12.3. The molecule has 1 saturated heterocycles. The van der Waals surface area contributed by atoms with Crippen LogP contribution in [-0.4, -0.2) is 38.3 Å². The molecule has 2 aromatic rings. The Kier molecular flexibility index (Phi) is 7.62. The number of hydrogen-bond donors (Lipinski definition) is 1. The molecule has 1 fully saturated rings. The highest BCUT2D eigenvalue weighted by atomic mass is 35.5. The molecule has 0 spiro atoms. The summed E-state index contributed by atoms with van der Waals surface area (Å²) in [7, 11) is -3.69. The maximum atomic E-state index is 13.3. The van der Waals surface area contributed by atoms with Gasteiger partial charge in [0.05, 0.1) is 11.5 Å². The van der Waals surface area contributed by atoms with Crippen molar-refractivity contribution < 1.29 is 17.9 Å². The van der Waals surface area contributed by atoms with E-state index in [4.69, 9.17) is 22.1 Å². The van der Waals surface area contributed by atoms with Crippen molar-refractivity contribution >= 4 is 27.5 Å². The minimum Gasteiger partial charge on any atom is -0.493 e. The third-order valence-corrected chi connectivity index (χ3v) is 7.71. The Labute approximate surface area is 189 Å². The number of rotatable bonds is 9. The van der Waals surface area contributed by atoms with Crippen LogP contribution in [0.2, 0.25) is 5.02 Å². The quantitative estimate of drug-likeness (QED) is 0.606. The van der Waals surface area contributed by atoms with E-state index in [-0.39, 0.29) is 24.5 Å². The normalized spacial score (nSPS) is 19.8. The molecule has 3 rings (SSSR count). The lowest BCUT2D eigenvalue weighted by atomic mass is 9.78. The summed E-state index contributed by atoms with van der Waals surface area (Å²) >= 11 is 6.03. The van der Waals surface area contributed by atoms with Gasteiger partial charge in [0, 0.05) is 29.9 Å². The summed E-state index contributed by atoms with van der Waals surface area (Å²) in [5.41, 5.74) is 5.95. The number of halogens is 1. The molecule has 0 unspecified atom stereocenters. The van der Waals surface area contributed by atoms with Crippen molar-refractivity contribution in [3.05, 3.63) is 59.1 Å². The lowest BCUT2D eigenvalue weighted by Crippen LogP contribution is -2.50. The number of carbonyl (C=O) groups is 1. The van der Waals surface area contributed by atoms with Crippen LogP contribution in [-0.2, 0) is 21.2 Å². The van der Waals surface area contributed by atoms with Crippen LogP contribution in [0, 0.1) is 5.41 Å². The van der Waals surface area contributed by atoms with E-state index in [1.165, 1.54) is 4.31 Å². The number of aryl methyl sites for hydroxylation is 1. The maximum absolute atomic E-state index is 13.3. The van der Waals surface area contributed by atoms with Gasteiger partial charge in [0.25, 0.3) is 0 Å². The van der Waals surface area contributed by atoms with Gasteiger partial charge in [-0.1, -0.05) is 43.1 Å². The van der Waals surface area contributed by atoms with E-state index < -0.39 is 21.3 Å². The molecule has 0 aliphatic carbocycles. The van der Waals surface area contributed by atoms with Crippen LogP contribution in [0.1, 0.15) is 38.2 Å². The zero-order chi connectivity index (χ0) is 22.5. The van der Waals surface area contributed by atoms with Crippen molar-refractivity contribution in [3.63, 3.8) is 0 Å². The number of ether oxygens (including phenoxy) is 1. The number of hydrogen-bond acceptors (Lipinski definition) is 4. The molecule has 2 N–H and O–H groups in total. The van der Waals surface area contributed by atoms with Crippen LogP contribution >= 0.6 is 11.6 Å². The molecule has 1 aliphatic heterocycles. The van der Waals surface area contributed by atoms with E-state index in [0.717, 1.165) is 18.4 Å². The van der Waals surface area contributed by atoms with Gasteiger partial charge in [-0.05, 0) is 55.2 Å². The second-order valence-corrected chi connectivity index (χ2v) is 10.6. The van der Waals surface area contributed by atoms with Gasteiger partial charge in [-0.15, -0.1) is 0 Å². The molecule has 1 amide bonds. The van der Waals surface area contributed by atoms with Crippen molar-refractivity contribution in [2.45, 2.75) is 43.9 Å². The molecule has 2 aromatic carbocycles. The van der Waals surface area contributed by atoms with Crippen molar-refractivity contribution in [2.75, 3.05) is 19.7 Å². The number of sulfonamides is 1. The highest BCUT2D eigenvalue weighted by Gasteiger charge is 2.42. The van der Waals surface area contributed by atoms with E-state index in [9.17, 15) is 13.2 Å². The van der Waals surface area contributed by atoms with E-state index >= 15 is 0 Å². The van der Waals surface area contributed by atoms with Crippen molar-refractivity contribution in [2.24, 2.45) is 11.1 Å². The SMILES string of the molecule is CCCc1ccc(S(=O)(=O)N2CCC[C@@](COc3cccc(Cl)c3)(CC(N)=O)C2)cc1. The molecule has 8 heteroatoms. The van der Waals surface area contributed by atoms with Crippen molar-refractivity contribution in [1.29, 1.82) is 0 Å². The van der Waals surface area contributed by atoms with Crippen LogP contribution in [0.25, 0.3) is 0 Å². The lowest BCUT2D eigenvalue weighted by Gasteiger charge is -2.41. The van der Waals surface area contributed by atoms with Gasteiger partial charge in [0.2, 0.25) is 15.9 Å². The van der Waals surface area contributed by atoms with Gasteiger partial charge < -0.3 is 10.5 Å². The number of primary amides is 1. The van der Waals surface area contributed by atoms with Gasteiger partial charge in [0.1, 0.15) is 5.75 Å². The van der Waals surface area contributed by atoms with Crippen molar-refractivity contribution in [3.8, 4) is 5.75 Å². The second-order valence-electron chi connectivity index (χ2n) is 8.23. The third kappa shape index (κ3) is 5.99. The van der Waals surface area contributed by atoms with Gasteiger partial charge in [-0.25, -0.2) is 8.42 Å². The predicted molar refractivity (Wildman–Crippen MR) is 122 cm³/mol. The van der Waals surface area contributed by atoms with Gasteiger partial charge in [-0.2, -0.15) is 4.31 Å². The van der Waals surface area contributed by atoms with Crippen LogP contribution in [0.3, 0.4) is 0 Å². The van der Waals surface area contributed by atoms with Crippen molar-refractivity contribution in [1.82, 2.24) is 4.31 Å². The first-order chi connectivity index (χ1) is 14.7. The smallest absolute Gasteiger partial charge is 0.243 e. The largest absolute Gasteiger partial charge is 0.493 e. The zero-order valence-electron chi connectivity index (χ0n) is 17.7. The number of nitrogens with two attached hydrogens (primary N) is 1. The Morgan fingerprint density at radius 2 is 1.97 bits per heavy atom. The molecular formula is C23H29ClN2O4S. The predicted octanol–water partition coefficient (Wildman–Crippen LogP) is 4.02. The summed E-state index contributed by atoms with van der Waals surface area (Å²) in [5.74, 6) is 0.0979. The Bertz CT molecular complexity index is 1010. The fraction of sp³-hybridized carbons (Fsp3) is 0.435. The molecule has 0 saturated carbocycles. The summed E-state index contributed by atoms with van der Waals surface area (Å²) in [6.45, 7) is 2.84. The molecular weight excluding hydrogens is 436 g/mol. The first-order valence-electron chi connectivity index (χ1n) is 10.5. The molecule has 0 aromatic heterocycles. The van der Waals surface area contributed by atoms with Gasteiger partial charge >= 0.3 is 0 Å². The van der Waals surface area contributed by atoms with Crippen LogP contribution in [0.15, 0.2) is 53.4 Å². The Morgan fingerprint density at radius 3 is 2.61 bits per heavy atom. The number of amides is 1. The van der Waals surface area contributed by atoms with Crippen LogP contribution in [0.4, 0.5) is 0 Å². The summed E-state index contributed by atoms with van der Waals surface area (Å²) < 4.78 is 34.0. The molecule has 6 nitrogen and oxygen atoms in total. The monoisotopic (exact) mass is 464 g/mol. The molecule has 1 atom stereocenters. The number of benzene rings is 2. The highest BCUT2D eigenvalue weighted by molar-refractivity contribution is 7.89. The summed E-state index contributed by atoms with van der Waals surface area (Å²) in [6, 6.07) is 14.0. The highest BCUT2D eigenvalue weighted by Crippen LogP contribution is 2.37. The number of carbonyl (C=O) groups excluding carboxylic acids is 1. The molecule has 168 valence electrons. The Morgan fingerprint density at radius 1 is 1.23 bits per heavy atom. The second kappa shape index (κ2) is 10.0. The molecule has 1 aliphatic rings. The summed E-state index contributed by atoms with van der Waals surface area (Å²) in [5, 5.41) is 0.542. The fourth-order valence-electron chi connectivity index (χ4n) is 4.11. The van der Waals surface area contributed by atoms with E-state index in [1.807, 2.05) is 12.1 Å². The Hall–Kier alpha value is -2.09. The van der Waals surface area contributed by atoms with Gasteiger partial charge in [-0.3, -0.25) is 4.79 Å². The molecule has 0 radical (unpaired) electrons. The average molecular weight is 465 g/mol.